The minimum atomic E-state index is -0.265. The van der Waals surface area contributed by atoms with Gasteiger partial charge in [-0.15, -0.1) is 0 Å². The summed E-state index contributed by atoms with van der Waals surface area (Å²) in [5.74, 6) is 0.550. The van der Waals surface area contributed by atoms with E-state index in [-0.39, 0.29) is 11.8 Å². The van der Waals surface area contributed by atoms with E-state index in [1.807, 2.05) is 55.5 Å². The Labute approximate surface area is 171 Å². The lowest BCUT2D eigenvalue weighted by atomic mass is 9.97. The average molecular weight is 390 g/mol. The second kappa shape index (κ2) is 8.53. The van der Waals surface area contributed by atoms with E-state index in [1.165, 1.54) is 0 Å². The number of methoxy groups -OCH3 is 1. The predicted molar refractivity (Wildman–Crippen MR) is 117 cm³/mol. The molecule has 1 aliphatic heterocycles. The third-order valence-electron chi connectivity index (χ3n) is 5.48. The van der Waals surface area contributed by atoms with Gasteiger partial charge in [0.05, 0.1) is 37.6 Å². The average Bonchev–Trinajstić information content (AvgIpc) is 2.78. The second-order valence-corrected chi connectivity index (χ2v) is 7.30. The maximum Gasteiger partial charge on any atom is 0.231 e. The van der Waals surface area contributed by atoms with Crippen LogP contribution in [0.5, 0.6) is 5.75 Å². The first kappa shape index (κ1) is 19.3. The standard InChI is InChI=1S/C24H26N2O3/c1-17(18-7-8-20-16-21(28-2)10-9-19(20)15-18)24(27)25-22-5-3-4-6-23(22)26-11-13-29-14-12-26/h3-10,15-17H,11-14H2,1-2H3,(H,25,27). The van der Waals surface area contributed by atoms with E-state index in [2.05, 4.69) is 22.3 Å². The molecule has 150 valence electrons. The van der Waals surface area contributed by atoms with Gasteiger partial charge < -0.3 is 19.7 Å². The van der Waals surface area contributed by atoms with Crippen molar-refractivity contribution < 1.29 is 14.3 Å². The first-order chi connectivity index (χ1) is 14.2. The Balaban J connectivity index is 1.53. The Hall–Kier alpha value is -3.05. The molecule has 3 aromatic rings. The predicted octanol–water partition coefficient (Wildman–Crippen LogP) is 4.43. The van der Waals surface area contributed by atoms with Gasteiger partial charge in [0, 0.05) is 13.1 Å². The lowest BCUT2D eigenvalue weighted by Gasteiger charge is -2.30. The van der Waals surface area contributed by atoms with Crippen LogP contribution in [0.4, 0.5) is 11.4 Å². The molecule has 1 amide bonds. The number of amides is 1. The van der Waals surface area contributed by atoms with Crippen molar-refractivity contribution in [2.24, 2.45) is 0 Å². The molecule has 0 spiro atoms. The highest BCUT2D eigenvalue weighted by Gasteiger charge is 2.19. The zero-order valence-electron chi connectivity index (χ0n) is 16.9. The van der Waals surface area contributed by atoms with Gasteiger partial charge in [0.15, 0.2) is 0 Å². The van der Waals surface area contributed by atoms with Crippen LogP contribution in [0.3, 0.4) is 0 Å². The van der Waals surface area contributed by atoms with Gasteiger partial charge in [0.2, 0.25) is 5.91 Å². The second-order valence-electron chi connectivity index (χ2n) is 7.30. The summed E-state index contributed by atoms with van der Waals surface area (Å²) < 4.78 is 10.7. The summed E-state index contributed by atoms with van der Waals surface area (Å²) in [4.78, 5) is 15.3. The Kier molecular flexibility index (Phi) is 5.67. The quantitative estimate of drug-likeness (QED) is 0.700. The van der Waals surface area contributed by atoms with Gasteiger partial charge in [-0.25, -0.2) is 0 Å². The van der Waals surface area contributed by atoms with Gasteiger partial charge in [0.1, 0.15) is 5.75 Å². The van der Waals surface area contributed by atoms with Crippen LogP contribution in [-0.4, -0.2) is 39.3 Å². The van der Waals surface area contributed by atoms with Crippen LogP contribution in [0.1, 0.15) is 18.4 Å². The third kappa shape index (κ3) is 4.20. The number of hydrogen-bond acceptors (Lipinski definition) is 4. The molecular weight excluding hydrogens is 364 g/mol. The summed E-state index contributed by atoms with van der Waals surface area (Å²) in [5.41, 5.74) is 2.88. The minimum Gasteiger partial charge on any atom is -0.497 e. The van der Waals surface area contributed by atoms with Crippen molar-refractivity contribution in [3.63, 3.8) is 0 Å². The largest absolute Gasteiger partial charge is 0.497 e. The maximum absolute atomic E-state index is 13.0. The van der Waals surface area contributed by atoms with Crippen molar-refractivity contribution in [3.8, 4) is 5.75 Å². The van der Waals surface area contributed by atoms with Crippen molar-refractivity contribution in [2.75, 3.05) is 43.6 Å². The first-order valence-corrected chi connectivity index (χ1v) is 9.96. The third-order valence-corrected chi connectivity index (χ3v) is 5.48. The van der Waals surface area contributed by atoms with Crippen LogP contribution >= 0.6 is 0 Å². The van der Waals surface area contributed by atoms with Crippen molar-refractivity contribution in [3.05, 3.63) is 66.2 Å². The van der Waals surface area contributed by atoms with Crippen LogP contribution < -0.4 is 15.0 Å². The Morgan fingerprint density at radius 1 is 1.03 bits per heavy atom. The number of nitrogens with one attached hydrogen (secondary N) is 1. The smallest absolute Gasteiger partial charge is 0.231 e. The number of ether oxygens (including phenoxy) is 2. The molecule has 0 aromatic heterocycles. The number of para-hydroxylation sites is 2. The summed E-state index contributed by atoms with van der Waals surface area (Å²) in [6, 6.07) is 20.1. The van der Waals surface area contributed by atoms with Crippen molar-refractivity contribution in [1.82, 2.24) is 0 Å². The molecule has 3 aromatic carbocycles. The minimum absolute atomic E-state index is 0.0152. The fourth-order valence-electron chi connectivity index (χ4n) is 3.69. The van der Waals surface area contributed by atoms with E-state index in [0.29, 0.717) is 13.2 Å². The number of carbonyl (C=O) groups excluding carboxylic acids is 1. The lowest BCUT2D eigenvalue weighted by molar-refractivity contribution is -0.117. The molecule has 0 aliphatic carbocycles. The van der Waals surface area contributed by atoms with E-state index in [4.69, 9.17) is 9.47 Å². The van der Waals surface area contributed by atoms with Crippen LogP contribution in [0.25, 0.3) is 10.8 Å². The number of anilines is 2. The number of fused-ring (bicyclic) bond motifs is 1. The summed E-state index contributed by atoms with van der Waals surface area (Å²) in [5, 5.41) is 5.32. The number of morpholine rings is 1. The van der Waals surface area contributed by atoms with Crippen LogP contribution in [0.15, 0.2) is 60.7 Å². The number of carbonyl (C=O) groups is 1. The molecule has 29 heavy (non-hydrogen) atoms. The zero-order chi connectivity index (χ0) is 20.2. The summed E-state index contributed by atoms with van der Waals surface area (Å²) in [6.45, 7) is 5.02. The SMILES string of the molecule is COc1ccc2cc(C(C)C(=O)Nc3ccccc3N3CCOCC3)ccc2c1. The Morgan fingerprint density at radius 3 is 2.55 bits per heavy atom. The first-order valence-electron chi connectivity index (χ1n) is 9.96. The molecule has 0 bridgehead atoms. The number of hydrogen-bond donors (Lipinski definition) is 1. The van der Waals surface area contributed by atoms with E-state index < -0.39 is 0 Å². The Bertz CT molecular complexity index is 1010. The van der Waals surface area contributed by atoms with Gasteiger partial charge in [-0.05, 0) is 47.5 Å². The molecule has 5 heteroatoms. The van der Waals surface area contributed by atoms with E-state index in [1.54, 1.807) is 7.11 Å². The van der Waals surface area contributed by atoms with E-state index in [0.717, 1.165) is 46.5 Å². The fraction of sp³-hybridized carbons (Fsp3) is 0.292. The summed E-state index contributed by atoms with van der Waals surface area (Å²) in [7, 11) is 1.66. The lowest BCUT2D eigenvalue weighted by Crippen LogP contribution is -2.36. The van der Waals surface area contributed by atoms with Crippen molar-refractivity contribution in [1.29, 1.82) is 0 Å². The summed E-state index contributed by atoms with van der Waals surface area (Å²) >= 11 is 0. The highest BCUT2D eigenvalue weighted by Crippen LogP contribution is 2.29. The van der Waals surface area contributed by atoms with E-state index >= 15 is 0 Å². The molecule has 1 aliphatic rings. The normalized spacial score (nSPS) is 15.2. The molecule has 5 nitrogen and oxygen atoms in total. The van der Waals surface area contributed by atoms with Gasteiger partial charge in [0.25, 0.3) is 0 Å². The fourth-order valence-corrected chi connectivity index (χ4v) is 3.69. The highest BCUT2D eigenvalue weighted by atomic mass is 16.5. The highest BCUT2D eigenvalue weighted by molar-refractivity contribution is 5.99. The molecule has 0 radical (unpaired) electrons. The van der Waals surface area contributed by atoms with Crippen LogP contribution in [0, 0.1) is 0 Å². The molecule has 1 fully saturated rings. The molecule has 1 N–H and O–H groups in total. The van der Waals surface area contributed by atoms with Crippen molar-refractivity contribution in [2.45, 2.75) is 12.8 Å². The van der Waals surface area contributed by atoms with Crippen molar-refractivity contribution >= 4 is 28.1 Å². The zero-order valence-corrected chi connectivity index (χ0v) is 16.9. The molecule has 1 unspecified atom stereocenters. The van der Waals surface area contributed by atoms with Gasteiger partial charge in [-0.1, -0.05) is 36.4 Å². The summed E-state index contributed by atoms with van der Waals surface area (Å²) in [6.07, 6.45) is 0. The molecule has 1 atom stereocenters. The number of benzene rings is 3. The van der Waals surface area contributed by atoms with Gasteiger partial charge in [-0.3, -0.25) is 4.79 Å². The maximum atomic E-state index is 13.0. The van der Waals surface area contributed by atoms with Gasteiger partial charge >= 0.3 is 0 Å². The molecular formula is C24H26N2O3. The molecule has 1 saturated heterocycles. The number of rotatable bonds is 5. The van der Waals surface area contributed by atoms with Crippen LogP contribution in [-0.2, 0) is 9.53 Å². The molecule has 0 saturated carbocycles. The monoisotopic (exact) mass is 390 g/mol. The number of nitrogens with zero attached hydrogens (tertiary/aromatic N) is 1. The molecule has 1 heterocycles. The van der Waals surface area contributed by atoms with Crippen LogP contribution in [0.2, 0.25) is 0 Å². The van der Waals surface area contributed by atoms with E-state index in [9.17, 15) is 4.79 Å². The molecule has 4 rings (SSSR count). The van der Waals surface area contributed by atoms with Gasteiger partial charge in [-0.2, -0.15) is 0 Å². The Morgan fingerprint density at radius 2 is 1.76 bits per heavy atom. The topological polar surface area (TPSA) is 50.8 Å².